The predicted molar refractivity (Wildman–Crippen MR) is 75.7 cm³/mol. The Balaban J connectivity index is 0. The van der Waals surface area contributed by atoms with Gasteiger partial charge in [0.2, 0.25) is 0 Å². The summed E-state index contributed by atoms with van der Waals surface area (Å²) in [6.07, 6.45) is 5.73. The van der Waals surface area contributed by atoms with Crippen molar-refractivity contribution in [3.05, 3.63) is 11.9 Å². The molecule has 0 saturated carbocycles. The van der Waals surface area contributed by atoms with E-state index in [9.17, 15) is 25.2 Å². The summed E-state index contributed by atoms with van der Waals surface area (Å²) in [6.45, 7) is 0. The number of halogens is 6. The van der Waals surface area contributed by atoms with Crippen LogP contribution in [0.1, 0.15) is 0 Å². The van der Waals surface area contributed by atoms with Crippen molar-refractivity contribution in [3.8, 4) is 0 Å². The number of nitrogens with zero attached hydrogens (tertiary/aromatic N) is 4. The van der Waals surface area contributed by atoms with Gasteiger partial charge in [-0.05, 0) is 0 Å². The van der Waals surface area contributed by atoms with Gasteiger partial charge in [-0.1, -0.05) is 0 Å². The molecule has 0 aromatic heterocycles. The first-order valence-electron chi connectivity index (χ1n) is 5.53. The van der Waals surface area contributed by atoms with Crippen molar-refractivity contribution in [2.45, 2.75) is 0 Å². The molecule has 4 nitrogen and oxygen atoms in total. The van der Waals surface area contributed by atoms with Gasteiger partial charge >= 0.3 is 33.0 Å². The minimum absolute atomic E-state index is 0.925. The molecule has 0 unspecified atom stereocenters. The molecule has 0 heterocycles. The standard InChI is InChI=1S/C10H21N4.F6P/c1-12(2)7-10(8-13(3)4)11-9-14(5)6;1-7(2,3,4,5)6/h7-9H,1-6H3;/q+1;-1. The first kappa shape index (κ1) is 22.0. The van der Waals surface area contributed by atoms with Gasteiger partial charge in [-0.3, -0.25) is 0 Å². The monoisotopic (exact) mass is 342 g/mol. The molecule has 0 aliphatic heterocycles. The fourth-order valence-corrected chi connectivity index (χ4v) is 0.811. The molecule has 0 aliphatic carbocycles. The third-order valence-electron chi connectivity index (χ3n) is 1.22. The van der Waals surface area contributed by atoms with Crippen LogP contribution in [-0.2, 0) is 0 Å². The van der Waals surface area contributed by atoms with Crippen LogP contribution in [0.3, 0.4) is 0 Å². The van der Waals surface area contributed by atoms with Crippen LogP contribution in [0.5, 0.6) is 0 Å². The molecule has 0 radical (unpaired) electrons. The van der Waals surface area contributed by atoms with Gasteiger partial charge in [0.05, 0.1) is 6.34 Å². The second kappa shape index (κ2) is 6.64. The molecule has 21 heavy (non-hydrogen) atoms. The Morgan fingerprint density at radius 1 is 0.905 bits per heavy atom. The van der Waals surface area contributed by atoms with E-state index in [4.69, 9.17) is 0 Å². The second-order valence-electron chi connectivity index (χ2n) is 4.78. The van der Waals surface area contributed by atoms with Gasteiger partial charge in [-0.15, -0.1) is 0 Å². The Hall–Kier alpha value is -1.31. The minimum atomic E-state index is -10.7. The van der Waals surface area contributed by atoms with Crippen LogP contribution in [0.4, 0.5) is 25.2 Å². The van der Waals surface area contributed by atoms with Crippen molar-refractivity contribution in [2.24, 2.45) is 4.99 Å². The van der Waals surface area contributed by atoms with Crippen LogP contribution in [0.2, 0.25) is 0 Å². The number of hydrogen-bond donors (Lipinski definition) is 0. The van der Waals surface area contributed by atoms with E-state index in [1.807, 2.05) is 69.1 Å². The van der Waals surface area contributed by atoms with E-state index < -0.39 is 7.81 Å². The average molecular weight is 342 g/mol. The van der Waals surface area contributed by atoms with Crippen LogP contribution < -0.4 is 0 Å². The molecular weight excluding hydrogens is 321 g/mol. The second-order valence-corrected chi connectivity index (χ2v) is 6.69. The third kappa shape index (κ3) is 38.1. The molecule has 0 spiro atoms. The first-order chi connectivity index (χ1) is 8.86. The van der Waals surface area contributed by atoms with Crippen molar-refractivity contribution in [2.75, 3.05) is 42.3 Å². The third-order valence-corrected chi connectivity index (χ3v) is 1.22. The zero-order valence-corrected chi connectivity index (χ0v) is 13.6. The van der Waals surface area contributed by atoms with E-state index in [1.54, 1.807) is 6.34 Å². The fourth-order valence-electron chi connectivity index (χ4n) is 0.811. The number of allylic oxidation sites excluding steroid dienone is 1. The molecule has 128 valence electrons. The van der Waals surface area contributed by atoms with Crippen molar-refractivity contribution < 1.29 is 29.8 Å². The summed E-state index contributed by atoms with van der Waals surface area (Å²) < 4.78 is 61.2. The SMILES string of the molecule is CN(C)C=N/C(C=[N+](C)C)=C\N(C)C.F[P-](F)(F)(F)(F)F. The molecule has 11 heteroatoms. The van der Waals surface area contributed by atoms with Gasteiger partial charge in [0.25, 0.3) is 0 Å². The van der Waals surface area contributed by atoms with Crippen LogP contribution in [0.25, 0.3) is 0 Å². The summed E-state index contributed by atoms with van der Waals surface area (Å²) in [5.74, 6) is 0. The van der Waals surface area contributed by atoms with Gasteiger partial charge in [0.15, 0.2) is 6.21 Å². The quantitative estimate of drug-likeness (QED) is 0.255. The molecular formula is C10H21F6N4P. The summed E-state index contributed by atoms with van der Waals surface area (Å²) in [5, 5.41) is 0. The maximum atomic E-state index is 9.87. The van der Waals surface area contributed by atoms with Gasteiger partial charge in [0, 0.05) is 34.4 Å². The molecule has 0 atom stereocenters. The normalized spacial score (nSPS) is 15.5. The molecule has 0 saturated heterocycles. The molecule has 0 aromatic rings. The van der Waals surface area contributed by atoms with E-state index in [1.165, 1.54) is 0 Å². The van der Waals surface area contributed by atoms with Crippen LogP contribution >= 0.6 is 7.81 Å². The zero-order chi connectivity index (χ0) is 17.5. The molecule has 0 aliphatic rings. The van der Waals surface area contributed by atoms with E-state index >= 15 is 0 Å². The Morgan fingerprint density at radius 2 is 1.29 bits per heavy atom. The van der Waals surface area contributed by atoms with E-state index in [-0.39, 0.29) is 0 Å². The molecule has 0 aromatic carbocycles. The first-order valence-corrected chi connectivity index (χ1v) is 7.56. The van der Waals surface area contributed by atoms with E-state index in [2.05, 4.69) is 4.99 Å². The summed E-state index contributed by atoms with van der Waals surface area (Å²) in [7, 11) is 1.17. The topological polar surface area (TPSA) is 21.9 Å². The maximum absolute atomic E-state index is 10.7. The van der Waals surface area contributed by atoms with E-state index in [0.717, 1.165) is 5.70 Å². The Kier molecular flexibility index (Phi) is 6.94. The van der Waals surface area contributed by atoms with Crippen molar-refractivity contribution >= 4 is 20.4 Å². The summed E-state index contributed by atoms with van der Waals surface area (Å²) in [4.78, 5) is 8.21. The van der Waals surface area contributed by atoms with Crippen LogP contribution in [-0.4, -0.2) is 69.2 Å². The number of aliphatic imine (C=N–C) groups is 1. The van der Waals surface area contributed by atoms with Gasteiger partial charge < -0.3 is 9.80 Å². The number of rotatable bonds is 4. The van der Waals surface area contributed by atoms with Crippen molar-refractivity contribution in [1.82, 2.24) is 9.80 Å². The Morgan fingerprint density at radius 3 is 1.52 bits per heavy atom. The van der Waals surface area contributed by atoms with E-state index in [0.29, 0.717) is 0 Å². The van der Waals surface area contributed by atoms with Gasteiger partial charge in [-0.25, -0.2) is 9.57 Å². The number of hydrogen-bond acceptors (Lipinski definition) is 2. The predicted octanol–water partition coefficient (Wildman–Crippen LogP) is 3.70. The van der Waals surface area contributed by atoms with Gasteiger partial charge in [0.1, 0.15) is 19.8 Å². The zero-order valence-electron chi connectivity index (χ0n) is 12.7. The molecule has 0 amide bonds. The Bertz CT molecular complexity index is 406. The van der Waals surface area contributed by atoms with Crippen molar-refractivity contribution in [3.63, 3.8) is 0 Å². The molecule has 0 N–H and O–H groups in total. The Labute approximate surface area is 120 Å². The average Bonchev–Trinajstić information content (AvgIpc) is 2.06. The van der Waals surface area contributed by atoms with Crippen LogP contribution in [0, 0.1) is 0 Å². The molecule has 0 bridgehead atoms. The molecule has 0 fully saturated rings. The van der Waals surface area contributed by atoms with Gasteiger partial charge in [-0.2, -0.15) is 0 Å². The fraction of sp³-hybridized carbons (Fsp3) is 0.600. The van der Waals surface area contributed by atoms with Crippen molar-refractivity contribution in [1.29, 1.82) is 0 Å². The molecule has 0 rings (SSSR count). The summed E-state index contributed by atoms with van der Waals surface area (Å²) >= 11 is 0. The van der Waals surface area contributed by atoms with Crippen LogP contribution in [0.15, 0.2) is 16.9 Å². The summed E-state index contributed by atoms with van der Waals surface area (Å²) in [6, 6.07) is 0. The summed E-state index contributed by atoms with van der Waals surface area (Å²) in [5.41, 5.74) is 0.925.